The predicted octanol–water partition coefficient (Wildman–Crippen LogP) is 2.92. The second-order valence-electron chi connectivity index (χ2n) is 3.96. The summed E-state index contributed by atoms with van der Waals surface area (Å²) in [5.74, 6) is -0.152. The number of aryl methyl sites for hydroxylation is 2. The van der Waals surface area contributed by atoms with Gasteiger partial charge in [0.2, 0.25) is 0 Å². The quantitative estimate of drug-likeness (QED) is 0.628. The van der Waals surface area contributed by atoms with Crippen LogP contribution in [0, 0.1) is 29.8 Å². The van der Waals surface area contributed by atoms with Crippen molar-refractivity contribution < 1.29 is 18.6 Å². The Morgan fingerprint density at radius 1 is 1.47 bits per heavy atom. The standard InChI is InChI=1S/C12H11FN2O4/c1-7-10(8(2)19-14-7)6-18-12-5-9(13)3-4-11(12)15(16)17/h3-5H,6H2,1-2H3. The van der Waals surface area contributed by atoms with Crippen LogP contribution in [0.4, 0.5) is 10.1 Å². The van der Waals surface area contributed by atoms with Gasteiger partial charge in [-0.15, -0.1) is 0 Å². The molecule has 0 saturated carbocycles. The van der Waals surface area contributed by atoms with E-state index in [0.717, 1.165) is 18.2 Å². The minimum absolute atomic E-state index is 0.0332. The molecule has 7 heteroatoms. The van der Waals surface area contributed by atoms with Crippen LogP contribution in [0.5, 0.6) is 5.75 Å². The van der Waals surface area contributed by atoms with E-state index in [1.165, 1.54) is 0 Å². The molecule has 100 valence electrons. The van der Waals surface area contributed by atoms with Gasteiger partial charge in [0, 0.05) is 12.1 Å². The van der Waals surface area contributed by atoms with Crippen molar-refractivity contribution in [2.75, 3.05) is 0 Å². The van der Waals surface area contributed by atoms with Gasteiger partial charge in [-0.25, -0.2) is 4.39 Å². The van der Waals surface area contributed by atoms with Crippen molar-refractivity contribution in [3.63, 3.8) is 0 Å². The molecule has 0 aliphatic rings. The lowest BCUT2D eigenvalue weighted by Crippen LogP contribution is -2.01. The highest BCUT2D eigenvalue weighted by molar-refractivity contribution is 5.46. The Morgan fingerprint density at radius 2 is 2.21 bits per heavy atom. The van der Waals surface area contributed by atoms with Crippen molar-refractivity contribution in [1.82, 2.24) is 5.16 Å². The van der Waals surface area contributed by atoms with Crippen molar-refractivity contribution >= 4 is 5.69 Å². The van der Waals surface area contributed by atoms with Gasteiger partial charge in [-0.05, 0) is 19.9 Å². The Labute approximate surface area is 107 Å². The largest absolute Gasteiger partial charge is 0.482 e. The maximum atomic E-state index is 13.1. The molecule has 0 spiro atoms. The molecule has 1 aromatic carbocycles. The number of benzene rings is 1. The molecule has 0 bridgehead atoms. The van der Waals surface area contributed by atoms with Crippen molar-refractivity contribution in [2.24, 2.45) is 0 Å². The summed E-state index contributed by atoms with van der Waals surface area (Å²) in [5.41, 5.74) is 1.04. The number of halogens is 1. The normalized spacial score (nSPS) is 10.5. The van der Waals surface area contributed by atoms with Gasteiger partial charge in [-0.1, -0.05) is 5.16 Å². The molecule has 0 aliphatic carbocycles. The molecular weight excluding hydrogens is 255 g/mol. The topological polar surface area (TPSA) is 78.4 Å². The van der Waals surface area contributed by atoms with E-state index in [-0.39, 0.29) is 18.0 Å². The van der Waals surface area contributed by atoms with Crippen molar-refractivity contribution in [3.8, 4) is 5.75 Å². The molecule has 0 unspecified atom stereocenters. The summed E-state index contributed by atoms with van der Waals surface area (Å²) in [4.78, 5) is 10.2. The van der Waals surface area contributed by atoms with Gasteiger partial charge >= 0.3 is 5.69 Å². The number of nitrogens with zero attached hydrogens (tertiary/aromatic N) is 2. The molecule has 0 aliphatic heterocycles. The summed E-state index contributed by atoms with van der Waals surface area (Å²) in [6.07, 6.45) is 0. The number of hydrogen-bond acceptors (Lipinski definition) is 5. The monoisotopic (exact) mass is 266 g/mol. The number of nitro benzene ring substituents is 1. The molecular formula is C12H11FN2O4. The lowest BCUT2D eigenvalue weighted by molar-refractivity contribution is -0.386. The lowest BCUT2D eigenvalue weighted by atomic mass is 10.2. The SMILES string of the molecule is Cc1noc(C)c1COc1cc(F)ccc1[N+](=O)[O-]. The minimum Gasteiger partial charge on any atom is -0.482 e. The van der Waals surface area contributed by atoms with E-state index >= 15 is 0 Å². The first-order valence-corrected chi connectivity index (χ1v) is 5.47. The second-order valence-corrected chi connectivity index (χ2v) is 3.96. The van der Waals surface area contributed by atoms with E-state index in [9.17, 15) is 14.5 Å². The number of ether oxygens (including phenoxy) is 1. The summed E-state index contributed by atoms with van der Waals surface area (Å²) >= 11 is 0. The minimum atomic E-state index is -0.623. The summed E-state index contributed by atoms with van der Waals surface area (Å²) in [6, 6.07) is 3.06. The van der Waals surface area contributed by atoms with Crippen LogP contribution >= 0.6 is 0 Å². The Hall–Kier alpha value is -2.44. The van der Waals surface area contributed by atoms with Gasteiger partial charge in [0.1, 0.15) is 18.2 Å². The van der Waals surface area contributed by atoms with Crippen molar-refractivity contribution in [3.05, 3.63) is 51.1 Å². The van der Waals surface area contributed by atoms with Gasteiger partial charge in [-0.3, -0.25) is 10.1 Å². The van der Waals surface area contributed by atoms with E-state index in [1.54, 1.807) is 13.8 Å². The second kappa shape index (κ2) is 5.05. The highest BCUT2D eigenvalue weighted by Crippen LogP contribution is 2.28. The smallest absolute Gasteiger partial charge is 0.311 e. The van der Waals surface area contributed by atoms with E-state index in [4.69, 9.17) is 9.26 Å². The fourth-order valence-electron chi connectivity index (χ4n) is 1.61. The highest BCUT2D eigenvalue weighted by atomic mass is 19.1. The molecule has 0 radical (unpaired) electrons. The number of aromatic nitrogens is 1. The third-order valence-corrected chi connectivity index (χ3v) is 2.67. The summed E-state index contributed by atoms with van der Waals surface area (Å²) in [6.45, 7) is 3.47. The summed E-state index contributed by atoms with van der Waals surface area (Å²) in [5, 5.41) is 14.5. The third-order valence-electron chi connectivity index (χ3n) is 2.67. The predicted molar refractivity (Wildman–Crippen MR) is 63.4 cm³/mol. The van der Waals surface area contributed by atoms with E-state index in [1.807, 2.05) is 0 Å². The average Bonchev–Trinajstić information content (AvgIpc) is 2.66. The third kappa shape index (κ3) is 2.70. The lowest BCUT2D eigenvalue weighted by Gasteiger charge is -2.06. The fraction of sp³-hybridized carbons (Fsp3) is 0.250. The first kappa shape index (κ1) is 13.0. The van der Waals surface area contributed by atoms with Crippen molar-refractivity contribution in [1.29, 1.82) is 0 Å². The molecule has 1 aromatic heterocycles. The van der Waals surface area contributed by atoms with Gasteiger partial charge in [0.15, 0.2) is 5.75 Å². The molecule has 2 aromatic rings. The van der Waals surface area contributed by atoms with E-state index in [0.29, 0.717) is 17.0 Å². The molecule has 0 amide bonds. The Bertz CT molecular complexity index is 605. The number of nitro groups is 1. The molecule has 0 atom stereocenters. The van der Waals surface area contributed by atoms with E-state index < -0.39 is 10.7 Å². The Kier molecular flexibility index (Phi) is 3.46. The fourth-order valence-corrected chi connectivity index (χ4v) is 1.61. The van der Waals surface area contributed by atoms with Crippen LogP contribution in [-0.2, 0) is 6.61 Å². The molecule has 0 N–H and O–H groups in total. The number of rotatable bonds is 4. The molecule has 1 heterocycles. The van der Waals surface area contributed by atoms with Crippen molar-refractivity contribution in [2.45, 2.75) is 20.5 Å². The first-order valence-electron chi connectivity index (χ1n) is 5.47. The molecule has 2 rings (SSSR count). The van der Waals surface area contributed by atoms with Crippen LogP contribution in [0.1, 0.15) is 17.0 Å². The highest BCUT2D eigenvalue weighted by Gasteiger charge is 2.17. The number of hydrogen-bond donors (Lipinski definition) is 0. The van der Waals surface area contributed by atoms with Gasteiger partial charge < -0.3 is 9.26 Å². The van der Waals surface area contributed by atoms with E-state index in [2.05, 4.69) is 5.16 Å². The zero-order valence-corrected chi connectivity index (χ0v) is 10.3. The molecule has 6 nitrogen and oxygen atoms in total. The van der Waals surface area contributed by atoms with Gasteiger partial charge in [0.25, 0.3) is 0 Å². The summed E-state index contributed by atoms with van der Waals surface area (Å²) < 4.78 is 23.4. The zero-order chi connectivity index (χ0) is 14.0. The maximum Gasteiger partial charge on any atom is 0.311 e. The van der Waals surface area contributed by atoms with Crippen LogP contribution in [0.15, 0.2) is 22.7 Å². The zero-order valence-electron chi connectivity index (χ0n) is 10.3. The van der Waals surface area contributed by atoms with Gasteiger partial charge in [-0.2, -0.15) is 0 Å². The Balaban J connectivity index is 2.24. The van der Waals surface area contributed by atoms with Crippen LogP contribution in [0.2, 0.25) is 0 Å². The molecule has 0 fully saturated rings. The summed E-state index contributed by atoms with van der Waals surface area (Å²) in [7, 11) is 0. The maximum absolute atomic E-state index is 13.1. The average molecular weight is 266 g/mol. The molecule has 19 heavy (non-hydrogen) atoms. The first-order chi connectivity index (χ1) is 8.99. The van der Waals surface area contributed by atoms with Crippen LogP contribution in [-0.4, -0.2) is 10.1 Å². The molecule has 0 saturated heterocycles. The van der Waals surface area contributed by atoms with Crippen LogP contribution in [0.3, 0.4) is 0 Å². The van der Waals surface area contributed by atoms with Gasteiger partial charge in [0.05, 0.1) is 16.2 Å². The van der Waals surface area contributed by atoms with Crippen LogP contribution < -0.4 is 4.74 Å². The van der Waals surface area contributed by atoms with Crippen LogP contribution in [0.25, 0.3) is 0 Å². The Morgan fingerprint density at radius 3 is 2.79 bits per heavy atom.